The number of unbranched alkanes of at least 4 members (excludes halogenated alkanes) is 8. The van der Waals surface area contributed by atoms with Crippen molar-refractivity contribution in [1.82, 2.24) is 0 Å². The Balaban J connectivity index is -0.000000426. The van der Waals surface area contributed by atoms with Crippen LogP contribution in [-0.2, 0) is 9.59 Å². The molecule has 0 aromatic rings. The van der Waals surface area contributed by atoms with E-state index in [9.17, 15) is 9.59 Å². The summed E-state index contributed by atoms with van der Waals surface area (Å²) in [5, 5.41) is 85.5. The lowest BCUT2D eigenvalue weighted by atomic mass is 10.0. The number of aliphatic hydroxyl groups is 8. The fourth-order valence-electron chi connectivity index (χ4n) is 2.51. The molecule has 0 spiro atoms. The van der Waals surface area contributed by atoms with Crippen LogP contribution in [0.1, 0.15) is 77.0 Å². The predicted molar refractivity (Wildman–Crippen MR) is 123 cm³/mol. The minimum absolute atomic E-state index is 0.0628. The third-order valence-corrected chi connectivity index (χ3v) is 4.61. The van der Waals surface area contributed by atoms with Crippen molar-refractivity contribution in [2.45, 2.75) is 101 Å². The first-order valence-corrected chi connectivity index (χ1v) is 11.7. The third-order valence-electron chi connectivity index (χ3n) is 4.61. The van der Waals surface area contributed by atoms with Crippen molar-refractivity contribution in [3.8, 4) is 0 Å². The normalized spacial score (nSPS) is 14.0. The number of aliphatic carboxylic acids is 2. The molecule has 0 saturated heterocycles. The van der Waals surface area contributed by atoms with Crippen LogP contribution < -0.4 is 0 Å². The monoisotopic (exact) mass is 502 g/mol. The molecule has 0 heterocycles. The van der Waals surface area contributed by atoms with E-state index in [1.165, 1.54) is 25.7 Å². The Hall–Kier alpha value is -1.38. The van der Waals surface area contributed by atoms with E-state index in [-0.39, 0.29) is 12.8 Å². The number of rotatable bonds is 19. The van der Waals surface area contributed by atoms with E-state index < -0.39 is 49.6 Å². The van der Waals surface area contributed by atoms with Crippen molar-refractivity contribution >= 4 is 11.9 Å². The summed E-state index contributed by atoms with van der Waals surface area (Å²) in [5.74, 6) is -1.74. The van der Waals surface area contributed by atoms with E-state index >= 15 is 0 Å². The van der Waals surface area contributed by atoms with E-state index in [1.807, 2.05) is 0 Å². The molecule has 0 aromatic heterocycles. The minimum atomic E-state index is -1.67. The van der Waals surface area contributed by atoms with Gasteiger partial charge in [-0.05, 0) is 25.7 Å². The minimum Gasteiger partial charge on any atom is -0.481 e. The number of carbonyl (C=O) groups is 2. The largest absolute Gasteiger partial charge is 0.481 e. The van der Waals surface area contributed by atoms with Crippen molar-refractivity contribution in [1.29, 1.82) is 0 Å². The maximum absolute atomic E-state index is 9.90. The molecular formula is C22H46O12. The molecule has 12 heteroatoms. The molecule has 10 N–H and O–H groups in total. The second-order valence-corrected chi connectivity index (χ2v) is 7.75. The molecule has 0 aliphatic carbocycles. The average molecular weight is 503 g/mol. The Morgan fingerprint density at radius 1 is 0.471 bits per heavy atom. The van der Waals surface area contributed by atoms with Gasteiger partial charge in [0.15, 0.2) is 0 Å². The van der Waals surface area contributed by atoms with Gasteiger partial charge in [0.25, 0.3) is 0 Å². The second kappa shape index (κ2) is 27.9. The van der Waals surface area contributed by atoms with Gasteiger partial charge < -0.3 is 51.1 Å². The van der Waals surface area contributed by atoms with Crippen LogP contribution in [-0.4, -0.2) is 114 Å². The standard InChI is InChI=1S/C10H22O2.C6H14O6.C6H10O4/c11-9-7-5-3-1-2-4-6-8-10-12;7-1-3(9)5(11)6(12)4(10)2-8;7-5(8)3-1-2-4-6(9)10/h11-12H,1-10H2;3-12H,1-2H2;1-4H2,(H,7,8)(H,9,10). The van der Waals surface area contributed by atoms with Gasteiger partial charge in [0.1, 0.15) is 24.4 Å². The topological polar surface area (TPSA) is 236 Å². The molecule has 0 aliphatic rings. The Morgan fingerprint density at radius 3 is 0.941 bits per heavy atom. The number of hydrogen-bond acceptors (Lipinski definition) is 10. The zero-order chi connectivity index (χ0) is 26.8. The molecule has 0 rings (SSSR count). The van der Waals surface area contributed by atoms with Crippen LogP contribution in [0.3, 0.4) is 0 Å². The van der Waals surface area contributed by atoms with Crippen molar-refractivity contribution < 1.29 is 60.7 Å². The second-order valence-electron chi connectivity index (χ2n) is 7.75. The molecule has 34 heavy (non-hydrogen) atoms. The van der Waals surface area contributed by atoms with Crippen LogP contribution in [0.4, 0.5) is 0 Å². The number of carboxylic acid groups (broad SMARTS) is 2. The summed E-state index contributed by atoms with van der Waals surface area (Å²) in [6.45, 7) is -0.776. The van der Waals surface area contributed by atoms with Gasteiger partial charge in [-0.25, -0.2) is 0 Å². The number of carboxylic acids is 2. The maximum Gasteiger partial charge on any atom is 0.303 e. The molecule has 206 valence electrons. The Morgan fingerprint density at radius 2 is 0.735 bits per heavy atom. The van der Waals surface area contributed by atoms with Gasteiger partial charge in [0.05, 0.1) is 13.2 Å². The summed E-state index contributed by atoms with van der Waals surface area (Å²) in [6, 6.07) is 0. The summed E-state index contributed by atoms with van der Waals surface area (Å²) in [4.78, 5) is 19.8. The first kappa shape index (κ1) is 37.2. The zero-order valence-corrected chi connectivity index (χ0v) is 19.9. The molecule has 12 nitrogen and oxygen atoms in total. The van der Waals surface area contributed by atoms with Gasteiger partial charge in [0.2, 0.25) is 0 Å². The highest BCUT2D eigenvalue weighted by atomic mass is 16.4. The van der Waals surface area contributed by atoms with Crippen LogP contribution in [0.15, 0.2) is 0 Å². The van der Waals surface area contributed by atoms with Gasteiger partial charge in [-0.3, -0.25) is 9.59 Å². The summed E-state index contributed by atoms with van der Waals surface area (Å²) < 4.78 is 0. The first-order valence-electron chi connectivity index (χ1n) is 11.7. The van der Waals surface area contributed by atoms with Gasteiger partial charge in [-0.1, -0.05) is 38.5 Å². The van der Waals surface area contributed by atoms with Crippen LogP contribution in [0.5, 0.6) is 0 Å². The summed E-state index contributed by atoms with van der Waals surface area (Å²) in [6.07, 6.45) is 3.93. The fourth-order valence-corrected chi connectivity index (χ4v) is 2.51. The highest BCUT2D eigenvalue weighted by molar-refractivity contribution is 5.67. The summed E-state index contributed by atoms with van der Waals surface area (Å²) in [5.41, 5.74) is 0. The highest BCUT2D eigenvalue weighted by Gasteiger charge is 2.29. The van der Waals surface area contributed by atoms with E-state index in [1.54, 1.807) is 0 Å². The van der Waals surface area contributed by atoms with Crippen molar-refractivity contribution in [3.05, 3.63) is 0 Å². The molecule has 0 bridgehead atoms. The maximum atomic E-state index is 9.90. The quantitative estimate of drug-likeness (QED) is 0.0979. The lowest BCUT2D eigenvalue weighted by Gasteiger charge is -2.24. The molecule has 4 unspecified atom stereocenters. The van der Waals surface area contributed by atoms with Gasteiger partial charge in [0, 0.05) is 26.1 Å². The van der Waals surface area contributed by atoms with Crippen LogP contribution >= 0.6 is 0 Å². The van der Waals surface area contributed by atoms with Crippen LogP contribution in [0, 0.1) is 0 Å². The van der Waals surface area contributed by atoms with E-state index in [0.29, 0.717) is 26.1 Å². The molecular weight excluding hydrogens is 456 g/mol. The predicted octanol–water partition coefficient (Wildman–Crippen LogP) is -0.778. The van der Waals surface area contributed by atoms with Crippen LogP contribution in [0.25, 0.3) is 0 Å². The van der Waals surface area contributed by atoms with Gasteiger partial charge in [-0.15, -0.1) is 0 Å². The van der Waals surface area contributed by atoms with Gasteiger partial charge >= 0.3 is 11.9 Å². The van der Waals surface area contributed by atoms with Crippen LogP contribution in [0.2, 0.25) is 0 Å². The molecule has 0 aromatic carbocycles. The van der Waals surface area contributed by atoms with Gasteiger partial charge in [-0.2, -0.15) is 0 Å². The summed E-state index contributed by atoms with van der Waals surface area (Å²) in [7, 11) is 0. The van der Waals surface area contributed by atoms with E-state index in [2.05, 4.69) is 0 Å². The number of hydrogen-bond donors (Lipinski definition) is 10. The van der Waals surface area contributed by atoms with Crippen molar-refractivity contribution in [2.75, 3.05) is 26.4 Å². The fraction of sp³-hybridized carbons (Fsp3) is 0.909. The Bertz CT molecular complexity index is 410. The highest BCUT2D eigenvalue weighted by Crippen LogP contribution is 2.08. The third kappa shape index (κ3) is 28.7. The zero-order valence-electron chi connectivity index (χ0n) is 19.9. The molecule has 0 aliphatic heterocycles. The van der Waals surface area contributed by atoms with E-state index in [4.69, 9.17) is 51.1 Å². The van der Waals surface area contributed by atoms with Crippen molar-refractivity contribution in [2.24, 2.45) is 0 Å². The molecule has 0 saturated carbocycles. The average Bonchev–Trinajstić information content (AvgIpc) is 2.82. The summed E-state index contributed by atoms with van der Waals surface area (Å²) >= 11 is 0. The SMILES string of the molecule is O=C(O)CCCCC(=O)O.OCC(O)C(O)C(O)C(O)CO.OCCCCCCCCCCO. The Kier molecular flexibility index (Phi) is 30.5. The Labute approximate surface area is 201 Å². The number of aliphatic hydroxyl groups excluding tert-OH is 8. The molecule has 0 fully saturated rings. The first-order chi connectivity index (χ1) is 16.1. The van der Waals surface area contributed by atoms with Crippen molar-refractivity contribution in [3.63, 3.8) is 0 Å². The lowest BCUT2D eigenvalue weighted by Crippen LogP contribution is -2.46. The smallest absolute Gasteiger partial charge is 0.303 e. The molecule has 0 radical (unpaired) electrons. The molecule has 4 atom stereocenters. The van der Waals surface area contributed by atoms with E-state index in [0.717, 1.165) is 25.7 Å². The molecule has 0 amide bonds. The lowest BCUT2D eigenvalue weighted by molar-refractivity contribution is -0.139.